The van der Waals surface area contributed by atoms with E-state index in [1.807, 2.05) is 0 Å². The molecule has 0 spiro atoms. The Bertz CT molecular complexity index is 894. The van der Waals surface area contributed by atoms with Gasteiger partial charge < -0.3 is 10.1 Å². The van der Waals surface area contributed by atoms with E-state index in [4.69, 9.17) is 0 Å². The Balaban J connectivity index is 2.10. The Morgan fingerprint density at radius 1 is 1.14 bits per heavy atom. The van der Waals surface area contributed by atoms with Crippen molar-refractivity contribution in [3.63, 3.8) is 0 Å². The van der Waals surface area contributed by atoms with Crippen molar-refractivity contribution in [1.82, 2.24) is 9.55 Å². The standard InChI is InChI=1S/C15H11F3N2O2/c16-15(17,18)10-5-6-12-11(7-10)19-14(22)20(12)8-9-3-1-2-4-13(9)21/h1-7,21H,8H2,(H,19,22). The summed E-state index contributed by atoms with van der Waals surface area (Å²) in [7, 11) is 0. The fourth-order valence-corrected chi connectivity index (χ4v) is 2.31. The maximum Gasteiger partial charge on any atom is 0.416 e. The fourth-order valence-electron chi connectivity index (χ4n) is 2.31. The van der Waals surface area contributed by atoms with Gasteiger partial charge in [-0.3, -0.25) is 4.57 Å². The lowest BCUT2D eigenvalue weighted by atomic mass is 10.1. The first kappa shape index (κ1) is 14.2. The number of aromatic hydroxyl groups is 1. The maximum atomic E-state index is 12.7. The van der Waals surface area contributed by atoms with Crippen LogP contribution in [0.25, 0.3) is 11.0 Å². The number of phenolic OH excluding ortho intramolecular Hbond substituents is 1. The number of nitrogens with one attached hydrogen (secondary N) is 1. The van der Waals surface area contributed by atoms with Crippen molar-refractivity contribution in [2.45, 2.75) is 12.7 Å². The molecule has 1 aromatic heterocycles. The fraction of sp³-hybridized carbons (Fsp3) is 0.133. The first-order valence-electron chi connectivity index (χ1n) is 6.43. The molecule has 0 saturated heterocycles. The lowest BCUT2D eigenvalue weighted by Crippen LogP contribution is -2.17. The van der Waals surface area contributed by atoms with Crippen LogP contribution in [0.2, 0.25) is 0 Å². The Morgan fingerprint density at radius 3 is 2.55 bits per heavy atom. The first-order chi connectivity index (χ1) is 10.4. The van der Waals surface area contributed by atoms with Crippen LogP contribution in [0.5, 0.6) is 5.75 Å². The lowest BCUT2D eigenvalue weighted by molar-refractivity contribution is -0.137. The number of fused-ring (bicyclic) bond motifs is 1. The van der Waals surface area contributed by atoms with E-state index in [2.05, 4.69) is 4.98 Å². The molecule has 1 heterocycles. The first-order valence-corrected chi connectivity index (χ1v) is 6.43. The summed E-state index contributed by atoms with van der Waals surface area (Å²) in [6, 6.07) is 9.55. The molecule has 0 aliphatic carbocycles. The molecule has 0 saturated carbocycles. The van der Waals surface area contributed by atoms with Crippen LogP contribution in [-0.4, -0.2) is 14.7 Å². The Kier molecular flexibility index (Phi) is 3.20. The zero-order valence-electron chi connectivity index (χ0n) is 11.2. The van der Waals surface area contributed by atoms with Crippen molar-refractivity contribution in [3.05, 3.63) is 64.1 Å². The number of aromatic amines is 1. The summed E-state index contributed by atoms with van der Waals surface area (Å²) in [6.45, 7) is 0.0663. The normalized spacial score (nSPS) is 12.0. The van der Waals surface area contributed by atoms with Crippen LogP contribution in [-0.2, 0) is 12.7 Å². The van der Waals surface area contributed by atoms with E-state index < -0.39 is 17.4 Å². The van der Waals surface area contributed by atoms with E-state index in [-0.39, 0.29) is 17.8 Å². The van der Waals surface area contributed by atoms with Crippen molar-refractivity contribution in [2.75, 3.05) is 0 Å². The number of phenols is 1. The van der Waals surface area contributed by atoms with Gasteiger partial charge >= 0.3 is 11.9 Å². The third kappa shape index (κ3) is 2.45. The largest absolute Gasteiger partial charge is 0.508 e. The summed E-state index contributed by atoms with van der Waals surface area (Å²) in [6.07, 6.45) is -4.47. The van der Waals surface area contributed by atoms with E-state index in [0.29, 0.717) is 11.1 Å². The van der Waals surface area contributed by atoms with Crippen molar-refractivity contribution < 1.29 is 18.3 Å². The smallest absolute Gasteiger partial charge is 0.416 e. The lowest BCUT2D eigenvalue weighted by Gasteiger charge is -2.08. The molecule has 0 amide bonds. The summed E-state index contributed by atoms with van der Waals surface area (Å²) < 4.78 is 39.4. The molecule has 2 N–H and O–H groups in total. The topological polar surface area (TPSA) is 58.0 Å². The molecular weight excluding hydrogens is 297 g/mol. The van der Waals surface area contributed by atoms with Gasteiger partial charge in [-0.1, -0.05) is 18.2 Å². The number of benzene rings is 2. The average Bonchev–Trinajstić information content (AvgIpc) is 2.76. The summed E-state index contributed by atoms with van der Waals surface area (Å²) in [5, 5.41) is 9.75. The number of hydrogen-bond acceptors (Lipinski definition) is 2. The molecule has 7 heteroatoms. The second-order valence-electron chi connectivity index (χ2n) is 4.87. The van der Waals surface area contributed by atoms with Crippen LogP contribution in [0.1, 0.15) is 11.1 Å². The van der Waals surface area contributed by atoms with Crippen molar-refractivity contribution in [1.29, 1.82) is 0 Å². The van der Waals surface area contributed by atoms with Crippen LogP contribution >= 0.6 is 0 Å². The molecule has 4 nitrogen and oxygen atoms in total. The van der Waals surface area contributed by atoms with E-state index in [1.165, 1.54) is 16.7 Å². The maximum absolute atomic E-state index is 12.7. The molecule has 3 aromatic rings. The number of imidazole rings is 1. The minimum absolute atomic E-state index is 0.0238. The number of H-pyrrole nitrogens is 1. The van der Waals surface area contributed by atoms with Gasteiger partial charge in [-0.25, -0.2) is 4.79 Å². The van der Waals surface area contributed by atoms with Gasteiger partial charge in [0.2, 0.25) is 0 Å². The van der Waals surface area contributed by atoms with Crippen LogP contribution in [0, 0.1) is 0 Å². The third-order valence-electron chi connectivity index (χ3n) is 3.42. The predicted molar refractivity (Wildman–Crippen MR) is 74.8 cm³/mol. The van der Waals surface area contributed by atoms with Crippen LogP contribution in [0.3, 0.4) is 0 Å². The molecule has 22 heavy (non-hydrogen) atoms. The van der Waals surface area contributed by atoms with E-state index >= 15 is 0 Å². The second-order valence-corrected chi connectivity index (χ2v) is 4.87. The number of rotatable bonds is 2. The van der Waals surface area contributed by atoms with Gasteiger partial charge in [-0.05, 0) is 24.3 Å². The molecule has 0 radical (unpaired) electrons. The molecule has 0 aliphatic rings. The minimum atomic E-state index is -4.47. The highest BCUT2D eigenvalue weighted by atomic mass is 19.4. The van der Waals surface area contributed by atoms with Crippen LogP contribution < -0.4 is 5.69 Å². The quantitative estimate of drug-likeness (QED) is 0.764. The molecule has 3 rings (SSSR count). The van der Waals surface area contributed by atoms with Gasteiger partial charge in [-0.2, -0.15) is 13.2 Å². The van der Waals surface area contributed by atoms with Gasteiger partial charge in [0.15, 0.2) is 0 Å². The van der Waals surface area contributed by atoms with E-state index in [0.717, 1.165) is 12.1 Å². The summed E-state index contributed by atoms with van der Waals surface area (Å²) in [4.78, 5) is 14.4. The van der Waals surface area contributed by atoms with Gasteiger partial charge in [-0.15, -0.1) is 0 Å². The van der Waals surface area contributed by atoms with Crippen molar-refractivity contribution in [3.8, 4) is 5.75 Å². The van der Waals surface area contributed by atoms with Crippen LogP contribution in [0.15, 0.2) is 47.3 Å². The SMILES string of the molecule is O=c1[nH]c2cc(C(F)(F)F)ccc2n1Cc1ccccc1O. The van der Waals surface area contributed by atoms with E-state index in [1.54, 1.807) is 18.2 Å². The highest BCUT2D eigenvalue weighted by molar-refractivity contribution is 5.76. The average molecular weight is 308 g/mol. The highest BCUT2D eigenvalue weighted by Crippen LogP contribution is 2.31. The molecule has 0 aliphatic heterocycles. The molecule has 0 unspecified atom stereocenters. The van der Waals surface area contributed by atoms with Gasteiger partial charge in [0.25, 0.3) is 0 Å². The van der Waals surface area contributed by atoms with Crippen molar-refractivity contribution in [2.24, 2.45) is 0 Å². The number of aromatic nitrogens is 2. The summed E-state index contributed by atoms with van der Waals surface area (Å²) >= 11 is 0. The van der Waals surface area contributed by atoms with Crippen molar-refractivity contribution >= 4 is 11.0 Å². The second kappa shape index (κ2) is 4.94. The summed E-state index contributed by atoms with van der Waals surface area (Å²) in [5.41, 5.74) is -0.393. The van der Waals surface area contributed by atoms with Gasteiger partial charge in [0.05, 0.1) is 23.1 Å². The molecule has 2 aromatic carbocycles. The van der Waals surface area contributed by atoms with Gasteiger partial charge in [0.1, 0.15) is 5.75 Å². The van der Waals surface area contributed by atoms with Gasteiger partial charge in [0, 0.05) is 5.56 Å². The summed E-state index contributed by atoms with van der Waals surface area (Å²) in [5.74, 6) is 0.0238. The Hall–Kier alpha value is -2.70. The highest BCUT2D eigenvalue weighted by Gasteiger charge is 2.30. The number of alkyl halides is 3. The zero-order valence-corrected chi connectivity index (χ0v) is 11.2. The molecular formula is C15H11F3N2O2. The predicted octanol–water partition coefficient (Wildman–Crippen LogP) is 3.10. The van der Waals surface area contributed by atoms with E-state index in [9.17, 15) is 23.1 Å². The molecule has 114 valence electrons. The Morgan fingerprint density at radius 2 is 1.86 bits per heavy atom. The number of para-hydroxylation sites is 1. The molecule has 0 fully saturated rings. The Labute approximate surface area is 122 Å². The third-order valence-corrected chi connectivity index (χ3v) is 3.42. The molecule has 0 atom stereocenters. The minimum Gasteiger partial charge on any atom is -0.508 e. The molecule has 0 bridgehead atoms. The number of nitrogens with zero attached hydrogens (tertiary/aromatic N) is 1. The van der Waals surface area contributed by atoms with Crippen LogP contribution in [0.4, 0.5) is 13.2 Å². The number of hydrogen-bond donors (Lipinski definition) is 2. The zero-order chi connectivity index (χ0) is 15.9. The monoisotopic (exact) mass is 308 g/mol. The number of halogens is 3.